The topological polar surface area (TPSA) is 90.3 Å². The molecule has 7 nitrogen and oxygen atoms in total. The number of ether oxygens (including phenoxy) is 1. The fourth-order valence-corrected chi connectivity index (χ4v) is 2.28. The smallest absolute Gasteiger partial charge is 0.416 e. The minimum Gasteiger partial charge on any atom is -0.451 e. The lowest BCUT2D eigenvalue weighted by Crippen LogP contribution is -2.31. The summed E-state index contributed by atoms with van der Waals surface area (Å²) in [5.41, 5.74) is -2.06. The van der Waals surface area contributed by atoms with Gasteiger partial charge in [0.05, 0.1) is 11.3 Å². The van der Waals surface area contributed by atoms with Crippen LogP contribution in [0.25, 0.3) is 5.69 Å². The number of nitrogens with zero attached hydrogens (tertiary/aromatic N) is 2. The number of alkyl halides is 3. The van der Waals surface area contributed by atoms with Crippen LogP contribution < -0.4 is 10.7 Å². The van der Waals surface area contributed by atoms with Crippen LogP contribution in [0.1, 0.15) is 35.1 Å². The van der Waals surface area contributed by atoms with Crippen LogP contribution in [-0.2, 0) is 15.7 Å². The Morgan fingerprint density at radius 2 is 1.96 bits per heavy atom. The fraction of sp³-hybridized carbons (Fsp3) is 0.333. The summed E-state index contributed by atoms with van der Waals surface area (Å²) in [5, 5.41) is 6.33. The molecular weight excluding hydrogens is 379 g/mol. The highest BCUT2D eigenvalue weighted by molar-refractivity contribution is 5.89. The first kappa shape index (κ1) is 21.1. The molecule has 150 valence electrons. The fourth-order valence-electron chi connectivity index (χ4n) is 2.28. The molecule has 0 radical (unpaired) electrons. The van der Waals surface area contributed by atoms with E-state index in [9.17, 15) is 27.6 Å². The van der Waals surface area contributed by atoms with Crippen LogP contribution in [-0.4, -0.2) is 34.8 Å². The van der Waals surface area contributed by atoms with Gasteiger partial charge in [-0.1, -0.05) is 13.0 Å². The Bertz CT molecular complexity index is 938. The van der Waals surface area contributed by atoms with Crippen LogP contribution in [0.5, 0.6) is 0 Å². The third kappa shape index (κ3) is 5.18. The number of benzene rings is 1. The van der Waals surface area contributed by atoms with Crippen molar-refractivity contribution in [1.29, 1.82) is 0 Å². The van der Waals surface area contributed by atoms with Crippen LogP contribution in [0.2, 0.25) is 0 Å². The molecule has 0 atom stereocenters. The minimum absolute atomic E-state index is 0.0158. The van der Waals surface area contributed by atoms with Gasteiger partial charge in [0.25, 0.3) is 5.91 Å². The van der Waals surface area contributed by atoms with E-state index in [1.807, 2.05) is 6.92 Å². The predicted molar refractivity (Wildman–Crippen MR) is 93.2 cm³/mol. The molecule has 0 unspecified atom stereocenters. The van der Waals surface area contributed by atoms with E-state index in [1.165, 1.54) is 19.1 Å². The number of esters is 1. The first-order valence-electron chi connectivity index (χ1n) is 8.36. The van der Waals surface area contributed by atoms with Gasteiger partial charge in [0, 0.05) is 18.3 Å². The molecule has 1 N–H and O–H groups in total. The highest BCUT2D eigenvalue weighted by Crippen LogP contribution is 2.30. The van der Waals surface area contributed by atoms with E-state index in [0.29, 0.717) is 13.0 Å². The van der Waals surface area contributed by atoms with Crippen LogP contribution >= 0.6 is 0 Å². The molecule has 2 aromatic rings. The second-order valence-corrected chi connectivity index (χ2v) is 5.88. The second kappa shape index (κ2) is 8.68. The number of hydrogen-bond donors (Lipinski definition) is 1. The molecule has 1 aromatic carbocycles. The Morgan fingerprint density at radius 3 is 2.61 bits per heavy atom. The average Bonchev–Trinajstić information content (AvgIpc) is 2.64. The van der Waals surface area contributed by atoms with Crippen molar-refractivity contribution in [1.82, 2.24) is 15.1 Å². The monoisotopic (exact) mass is 397 g/mol. The van der Waals surface area contributed by atoms with E-state index >= 15 is 0 Å². The predicted octanol–water partition coefficient (Wildman–Crippen LogP) is 2.24. The zero-order chi connectivity index (χ0) is 20.9. The van der Waals surface area contributed by atoms with Gasteiger partial charge in [0.2, 0.25) is 11.1 Å². The molecule has 0 bridgehead atoms. The number of rotatable bonds is 6. The molecule has 28 heavy (non-hydrogen) atoms. The molecule has 0 aliphatic rings. The van der Waals surface area contributed by atoms with Gasteiger partial charge in [-0.25, -0.2) is 9.48 Å². The maximum atomic E-state index is 12.9. The molecule has 2 rings (SSSR count). The van der Waals surface area contributed by atoms with Crippen LogP contribution in [0.4, 0.5) is 13.2 Å². The lowest BCUT2D eigenvalue weighted by Gasteiger charge is -2.13. The van der Waals surface area contributed by atoms with Crippen molar-refractivity contribution in [2.24, 2.45) is 0 Å². The number of carbonyl (C=O) groups is 2. The van der Waals surface area contributed by atoms with E-state index in [0.717, 1.165) is 22.9 Å². The highest BCUT2D eigenvalue weighted by atomic mass is 19.4. The molecule has 0 fully saturated rings. The number of hydrogen-bond acceptors (Lipinski definition) is 5. The van der Waals surface area contributed by atoms with E-state index in [-0.39, 0.29) is 11.4 Å². The molecule has 10 heteroatoms. The summed E-state index contributed by atoms with van der Waals surface area (Å²) < 4.78 is 44.6. The van der Waals surface area contributed by atoms with Crippen molar-refractivity contribution in [2.45, 2.75) is 26.4 Å². The SMILES string of the molecule is CCCNC(=O)COC(=O)c1nn(-c2cccc(C(F)(F)F)c2)c(C)cc1=O. The van der Waals surface area contributed by atoms with Crippen molar-refractivity contribution >= 4 is 11.9 Å². The largest absolute Gasteiger partial charge is 0.451 e. The van der Waals surface area contributed by atoms with Gasteiger partial charge in [0.1, 0.15) is 0 Å². The van der Waals surface area contributed by atoms with Crippen LogP contribution in [0, 0.1) is 6.92 Å². The van der Waals surface area contributed by atoms with Crippen molar-refractivity contribution in [2.75, 3.05) is 13.2 Å². The third-order valence-electron chi connectivity index (χ3n) is 3.63. The Kier molecular flexibility index (Phi) is 6.55. The van der Waals surface area contributed by atoms with Gasteiger partial charge >= 0.3 is 12.1 Å². The Morgan fingerprint density at radius 1 is 1.25 bits per heavy atom. The first-order chi connectivity index (χ1) is 13.1. The second-order valence-electron chi connectivity index (χ2n) is 5.88. The number of nitrogens with one attached hydrogen (secondary N) is 1. The Balaban J connectivity index is 2.31. The van der Waals surface area contributed by atoms with E-state index in [2.05, 4.69) is 10.4 Å². The number of aromatic nitrogens is 2. The van der Waals surface area contributed by atoms with Gasteiger partial charge in [-0.05, 0) is 31.5 Å². The van der Waals surface area contributed by atoms with E-state index in [1.54, 1.807) is 0 Å². The quantitative estimate of drug-likeness (QED) is 0.755. The normalized spacial score (nSPS) is 11.2. The average molecular weight is 397 g/mol. The van der Waals surface area contributed by atoms with Gasteiger partial charge in [0.15, 0.2) is 6.61 Å². The Labute approximate surface area is 158 Å². The molecule has 0 saturated heterocycles. The van der Waals surface area contributed by atoms with Crippen LogP contribution in [0.3, 0.4) is 0 Å². The molecule has 1 heterocycles. The first-order valence-corrected chi connectivity index (χ1v) is 8.36. The van der Waals surface area contributed by atoms with E-state index in [4.69, 9.17) is 4.74 Å². The molecule has 1 amide bonds. The minimum atomic E-state index is -4.56. The van der Waals surface area contributed by atoms with Crippen molar-refractivity contribution in [3.8, 4) is 5.69 Å². The summed E-state index contributed by atoms with van der Waals surface area (Å²) in [6, 6.07) is 5.34. The number of amides is 1. The van der Waals surface area contributed by atoms with Gasteiger partial charge < -0.3 is 10.1 Å². The molecular formula is C18H18F3N3O4. The summed E-state index contributed by atoms with van der Waals surface area (Å²) in [5.74, 6) is -1.68. The molecule has 0 aliphatic carbocycles. The van der Waals surface area contributed by atoms with E-state index < -0.39 is 41.3 Å². The summed E-state index contributed by atoms with van der Waals surface area (Å²) >= 11 is 0. The maximum Gasteiger partial charge on any atom is 0.416 e. The van der Waals surface area contributed by atoms with Gasteiger partial charge in [-0.15, -0.1) is 0 Å². The third-order valence-corrected chi connectivity index (χ3v) is 3.63. The van der Waals surface area contributed by atoms with Crippen molar-refractivity contribution in [3.05, 3.63) is 57.5 Å². The maximum absolute atomic E-state index is 12.9. The number of halogens is 3. The van der Waals surface area contributed by atoms with Crippen molar-refractivity contribution in [3.63, 3.8) is 0 Å². The molecule has 0 spiro atoms. The summed E-state index contributed by atoms with van der Waals surface area (Å²) in [7, 11) is 0. The Hall–Kier alpha value is -3.17. The van der Waals surface area contributed by atoms with Crippen molar-refractivity contribution < 1.29 is 27.5 Å². The summed E-state index contributed by atoms with van der Waals surface area (Å²) in [6.07, 6.45) is -3.86. The molecule has 1 aromatic heterocycles. The molecule has 0 aliphatic heterocycles. The standard InChI is InChI=1S/C18H18F3N3O4/c1-3-7-22-15(26)10-28-17(27)16-14(25)8-11(2)24(23-16)13-6-4-5-12(9-13)18(19,20)21/h4-6,8-9H,3,7,10H2,1-2H3,(H,22,26). The lowest BCUT2D eigenvalue weighted by molar-refractivity contribution is -0.137. The van der Waals surface area contributed by atoms with Gasteiger partial charge in [-0.3, -0.25) is 9.59 Å². The number of aryl methyl sites for hydroxylation is 1. The number of carbonyl (C=O) groups excluding carboxylic acids is 2. The van der Waals surface area contributed by atoms with Gasteiger partial charge in [-0.2, -0.15) is 18.3 Å². The molecule has 0 saturated carbocycles. The lowest BCUT2D eigenvalue weighted by atomic mass is 10.2. The summed E-state index contributed by atoms with van der Waals surface area (Å²) in [6.45, 7) is 3.11. The highest BCUT2D eigenvalue weighted by Gasteiger charge is 2.30. The zero-order valence-electron chi connectivity index (χ0n) is 15.2. The zero-order valence-corrected chi connectivity index (χ0v) is 15.2. The van der Waals surface area contributed by atoms with Crippen LogP contribution in [0.15, 0.2) is 35.1 Å². The summed E-state index contributed by atoms with van der Waals surface area (Å²) in [4.78, 5) is 35.7.